The summed E-state index contributed by atoms with van der Waals surface area (Å²) in [4.78, 5) is 15.3. The van der Waals surface area contributed by atoms with Gasteiger partial charge in [0.2, 0.25) is 0 Å². The number of rotatable bonds is 2. The van der Waals surface area contributed by atoms with Crippen LogP contribution in [0.4, 0.5) is 0 Å². The molecule has 0 radical (unpaired) electrons. The summed E-state index contributed by atoms with van der Waals surface area (Å²) in [5.41, 5.74) is 3.31. The number of esters is 1. The number of allylic oxidation sites excluding steroid dienone is 1. The number of carbonyl (C=O) groups excluding carboxylic acids is 1. The lowest BCUT2D eigenvalue weighted by Crippen LogP contribution is -2.64. The van der Waals surface area contributed by atoms with E-state index in [4.69, 9.17) is 9.47 Å². The molecule has 5 aliphatic rings. The van der Waals surface area contributed by atoms with Crippen molar-refractivity contribution < 1.29 is 19.4 Å². The van der Waals surface area contributed by atoms with Crippen LogP contribution in [0.2, 0.25) is 0 Å². The maximum Gasteiger partial charge on any atom is 0.309 e. The first-order chi connectivity index (χ1) is 13.4. The quantitative estimate of drug-likeness (QED) is 0.581. The largest absolute Gasteiger partial charge is 0.469 e. The van der Waals surface area contributed by atoms with Gasteiger partial charge in [0, 0.05) is 30.3 Å². The lowest BCUT2D eigenvalue weighted by molar-refractivity contribution is -0.284. The molecule has 0 unspecified atom stereocenters. The van der Waals surface area contributed by atoms with Crippen molar-refractivity contribution in [2.45, 2.75) is 64.1 Å². The molecular formula is C23H35NO4. The highest BCUT2D eigenvalue weighted by molar-refractivity contribution is 5.75. The Hall–Kier alpha value is -0.910. The second kappa shape index (κ2) is 6.29. The number of piperidine rings is 1. The zero-order valence-electron chi connectivity index (χ0n) is 17.6. The molecule has 5 rings (SSSR count). The van der Waals surface area contributed by atoms with Gasteiger partial charge in [-0.2, -0.15) is 0 Å². The van der Waals surface area contributed by atoms with Crippen LogP contribution >= 0.6 is 0 Å². The van der Waals surface area contributed by atoms with Crippen LogP contribution in [0.5, 0.6) is 0 Å². The van der Waals surface area contributed by atoms with Gasteiger partial charge in [0.25, 0.3) is 0 Å². The maximum atomic E-state index is 12.8. The molecule has 2 saturated heterocycles. The SMILES string of the molecule is CC[C@]1(O)CC[C@@]2(CO1)[C@@H]1CCC3=C4[C@H](CC3)[C@H](C(=O)OC)C[C@@]42CN(C)C1. The number of hydrogen-bond acceptors (Lipinski definition) is 5. The summed E-state index contributed by atoms with van der Waals surface area (Å²) < 4.78 is 11.5. The highest BCUT2D eigenvalue weighted by Crippen LogP contribution is 2.71. The Bertz CT molecular complexity index is 707. The maximum absolute atomic E-state index is 12.8. The summed E-state index contributed by atoms with van der Waals surface area (Å²) in [6.07, 6.45) is 7.92. The Morgan fingerprint density at radius 3 is 2.79 bits per heavy atom. The summed E-state index contributed by atoms with van der Waals surface area (Å²) in [5.74, 6) is -0.0810. The molecule has 2 bridgehead atoms. The zero-order valence-corrected chi connectivity index (χ0v) is 17.6. The Morgan fingerprint density at radius 1 is 1.32 bits per heavy atom. The minimum atomic E-state index is -0.971. The van der Waals surface area contributed by atoms with E-state index in [0.717, 1.165) is 38.8 Å². The predicted octanol–water partition coefficient (Wildman–Crippen LogP) is 3.12. The average Bonchev–Trinajstić information content (AvgIpc) is 3.23. The van der Waals surface area contributed by atoms with Crippen molar-refractivity contribution in [3.63, 3.8) is 0 Å². The average molecular weight is 390 g/mol. The molecular weight excluding hydrogens is 354 g/mol. The molecule has 6 atom stereocenters. The molecule has 0 aromatic carbocycles. The number of nitrogens with zero attached hydrogens (tertiary/aromatic N) is 1. The fraction of sp³-hybridized carbons (Fsp3) is 0.870. The minimum Gasteiger partial charge on any atom is -0.469 e. The molecule has 0 aromatic rings. The molecule has 2 aliphatic heterocycles. The van der Waals surface area contributed by atoms with Crippen molar-refractivity contribution in [3.8, 4) is 0 Å². The fourth-order valence-corrected chi connectivity index (χ4v) is 8.02. The normalized spacial score (nSPS) is 47.9. The third-order valence-electron chi connectivity index (χ3n) is 9.30. The molecule has 1 N–H and O–H groups in total. The van der Waals surface area contributed by atoms with Gasteiger partial charge >= 0.3 is 5.97 Å². The lowest BCUT2D eigenvalue weighted by Gasteiger charge is -2.61. The molecule has 5 heteroatoms. The van der Waals surface area contributed by atoms with E-state index in [9.17, 15) is 9.90 Å². The summed E-state index contributed by atoms with van der Waals surface area (Å²) in [7, 11) is 3.78. The van der Waals surface area contributed by atoms with Crippen molar-refractivity contribution >= 4 is 5.97 Å². The number of aliphatic hydroxyl groups is 1. The van der Waals surface area contributed by atoms with E-state index < -0.39 is 5.79 Å². The van der Waals surface area contributed by atoms with Gasteiger partial charge in [-0.05, 0) is 63.8 Å². The molecule has 2 heterocycles. The van der Waals surface area contributed by atoms with Crippen molar-refractivity contribution in [2.75, 3.05) is 33.9 Å². The summed E-state index contributed by atoms with van der Waals surface area (Å²) in [5, 5.41) is 10.8. The van der Waals surface area contributed by atoms with Crippen LogP contribution < -0.4 is 0 Å². The van der Waals surface area contributed by atoms with E-state index >= 15 is 0 Å². The summed E-state index contributed by atoms with van der Waals surface area (Å²) >= 11 is 0. The third-order valence-corrected chi connectivity index (χ3v) is 9.30. The highest BCUT2D eigenvalue weighted by atomic mass is 16.6. The van der Waals surface area contributed by atoms with E-state index in [2.05, 4.69) is 11.9 Å². The smallest absolute Gasteiger partial charge is 0.309 e. The van der Waals surface area contributed by atoms with Crippen LogP contribution in [0.3, 0.4) is 0 Å². The number of ether oxygens (including phenoxy) is 2. The Kier molecular flexibility index (Phi) is 4.29. The first kappa shape index (κ1) is 19.1. The predicted molar refractivity (Wildman–Crippen MR) is 105 cm³/mol. The first-order valence-corrected chi connectivity index (χ1v) is 11.2. The third kappa shape index (κ3) is 2.33. The van der Waals surface area contributed by atoms with Crippen LogP contribution in [0.1, 0.15) is 58.3 Å². The number of likely N-dealkylation sites (tertiary alicyclic amines) is 1. The topological polar surface area (TPSA) is 59.0 Å². The van der Waals surface area contributed by atoms with Crippen LogP contribution in [0.15, 0.2) is 11.1 Å². The van der Waals surface area contributed by atoms with Gasteiger partial charge in [-0.25, -0.2) is 0 Å². The molecule has 1 saturated carbocycles. The number of carbonyl (C=O) groups is 1. The molecule has 0 amide bonds. The van der Waals surface area contributed by atoms with Crippen LogP contribution in [0, 0.1) is 28.6 Å². The minimum absolute atomic E-state index is 0.00555. The monoisotopic (exact) mass is 389 g/mol. The molecule has 2 spiro atoms. The molecule has 28 heavy (non-hydrogen) atoms. The Balaban J connectivity index is 1.64. The summed E-state index contributed by atoms with van der Waals surface area (Å²) in [6, 6.07) is 0. The second-order valence-electron chi connectivity index (χ2n) is 10.3. The van der Waals surface area contributed by atoms with Crippen molar-refractivity contribution in [3.05, 3.63) is 11.1 Å². The van der Waals surface area contributed by atoms with Gasteiger partial charge < -0.3 is 19.5 Å². The van der Waals surface area contributed by atoms with Crippen LogP contribution in [-0.4, -0.2) is 55.6 Å². The van der Waals surface area contributed by atoms with Crippen molar-refractivity contribution in [1.82, 2.24) is 4.90 Å². The lowest BCUT2D eigenvalue weighted by atomic mass is 9.50. The zero-order chi connectivity index (χ0) is 19.7. The Morgan fingerprint density at radius 2 is 2.11 bits per heavy atom. The van der Waals surface area contributed by atoms with E-state index in [0.29, 0.717) is 31.3 Å². The molecule has 5 nitrogen and oxygen atoms in total. The van der Waals surface area contributed by atoms with Crippen LogP contribution in [0.25, 0.3) is 0 Å². The molecule has 156 valence electrons. The second-order valence-corrected chi connectivity index (χ2v) is 10.3. The highest BCUT2D eigenvalue weighted by Gasteiger charge is 2.69. The van der Waals surface area contributed by atoms with Crippen molar-refractivity contribution in [1.29, 1.82) is 0 Å². The van der Waals surface area contributed by atoms with E-state index in [1.807, 2.05) is 6.92 Å². The number of methoxy groups -OCH3 is 1. The van der Waals surface area contributed by atoms with Gasteiger partial charge in [-0.1, -0.05) is 18.1 Å². The van der Waals surface area contributed by atoms with Gasteiger partial charge in [-0.3, -0.25) is 4.79 Å². The van der Waals surface area contributed by atoms with E-state index in [1.54, 1.807) is 11.1 Å². The fourth-order valence-electron chi connectivity index (χ4n) is 8.02. The standard InChI is InChI=1S/C23H35NO4/c1-4-23(26)10-9-21(14-28-23)16-7-5-15-6-8-17-18(20(25)27-3)11-22(21,19(15)17)13-24(2)12-16/h16-18,26H,4-14H2,1-3H3/t16-,17-,18-,21-,22-,23-/m1/s1. The van der Waals surface area contributed by atoms with Gasteiger partial charge in [-0.15, -0.1) is 0 Å². The first-order valence-electron chi connectivity index (χ1n) is 11.2. The molecule has 0 aromatic heterocycles. The molecule has 3 aliphatic carbocycles. The van der Waals surface area contributed by atoms with Gasteiger partial charge in [0.05, 0.1) is 19.6 Å². The van der Waals surface area contributed by atoms with E-state index in [-0.39, 0.29) is 22.7 Å². The van der Waals surface area contributed by atoms with Gasteiger partial charge in [0.15, 0.2) is 5.79 Å². The van der Waals surface area contributed by atoms with Crippen molar-refractivity contribution in [2.24, 2.45) is 28.6 Å². The van der Waals surface area contributed by atoms with Gasteiger partial charge in [0.1, 0.15) is 0 Å². The molecule has 3 fully saturated rings. The van der Waals surface area contributed by atoms with E-state index in [1.165, 1.54) is 20.0 Å². The number of hydrogen-bond donors (Lipinski definition) is 1. The summed E-state index contributed by atoms with van der Waals surface area (Å²) in [6.45, 7) is 4.76. The van der Waals surface area contributed by atoms with Crippen LogP contribution in [-0.2, 0) is 14.3 Å². The Labute approximate surface area is 168 Å².